The standard InChI is InChI=1S/C32H39N3O/c1-3-5-6-7-8-12-18-31-33-32(36-34-31)29-21-19-26(20-22-29)24-35(4-2)25-27-14-13-17-30(23-27)28-15-10-9-11-16-28/h9-11,13-17,19-23H,3-8,12,18,24-25H2,1-2H3. The molecule has 0 amide bonds. The number of unbranched alkanes of at least 4 members (excludes halogenated alkanes) is 5. The summed E-state index contributed by atoms with van der Waals surface area (Å²) >= 11 is 0. The summed E-state index contributed by atoms with van der Waals surface area (Å²) in [6, 6.07) is 28.0. The number of aryl methyl sites for hydroxylation is 1. The van der Waals surface area contributed by atoms with Crippen molar-refractivity contribution in [1.82, 2.24) is 15.0 Å². The molecule has 0 radical (unpaired) electrons. The van der Waals surface area contributed by atoms with Gasteiger partial charge in [0.15, 0.2) is 5.82 Å². The van der Waals surface area contributed by atoms with Gasteiger partial charge in [-0.3, -0.25) is 4.90 Å². The van der Waals surface area contributed by atoms with Crippen molar-refractivity contribution in [3.05, 3.63) is 95.8 Å². The molecule has 0 atom stereocenters. The van der Waals surface area contributed by atoms with E-state index >= 15 is 0 Å². The molecule has 4 rings (SSSR count). The lowest BCUT2D eigenvalue weighted by Gasteiger charge is -2.21. The van der Waals surface area contributed by atoms with E-state index in [9.17, 15) is 0 Å². The van der Waals surface area contributed by atoms with E-state index in [1.807, 2.05) is 0 Å². The molecule has 0 fully saturated rings. The first-order valence-corrected chi connectivity index (χ1v) is 13.5. The molecule has 188 valence electrons. The lowest BCUT2D eigenvalue weighted by molar-refractivity contribution is 0.271. The van der Waals surface area contributed by atoms with Crippen molar-refractivity contribution < 1.29 is 4.52 Å². The molecule has 0 aliphatic heterocycles. The quantitative estimate of drug-likeness (QED) is 0.170. The van der Waals surface area contributed by atoms with Crippen molar-refractivity contribution in [2.24, 2.45) is 0 Å². The first-order chi connectivity index (χ1) is 17.7. The Kier molecular flexibility index (Phi) is 9.87. The fourth-order valence-corrected chi connectivity index (χ4v) is 4.56. The van der Waals surface area contributed by atoms with E-state index in [1.54, 1.807) is 0 Å². The van der Waals surface area contributed by atoms with E-state index in [1.165, 1.54) is 54.4 Å². The summed E-state index contributed by atoms with van der Waals surface area (Å²) in [6.07, 6.45) is 8.51. The van der Waals surface area contributed by atoms with Crippen LogP contribution in [0.4, 0.5) is 0 Å². The molecule has 36 heavy (non-hydrogen) atoms. The summed E-state index contributed by atoms with van der Waals surface area (Å²) in [5.41, 5.74) is 6.13. The minimum absolute atomic E-state index is 0.618. The highest BCUT2D eigenvalue weighted by Crippen LogP contribution is 2.22. The van der Waals surface area contributed by atoms with Gasteiger partial charge in [0, 0.05) is 25.1 Å². The normalized spacial score (nSPS) is 11.3. The second kappa shape index (κ2) is 13.7. The van der Waals surface area contributed by atoms with Gasteiger partial charge >= 0.3 is 0 Å². The fourth-order valence-electron chi connectivity index (χ4n) is 4.56. The Hall–Kier alpha value is -3.24. The van der Waals surface area contributed by atoms with Crippen molar-refractivity contribution in [2.75, 3.05) is 6.54 Å². The van der Waals surface area contributed by atoms with E-state index in [4.69, 9.17) is 4.52 Å². The van der Waals surface area contributed by atoms with Gasteiger partial charge in [-0.15, -0.1) is 0 Å². The van der Waals surface area contributed by atoms with Crippen molar-refractivity contribution in [3.63, 3.8) is 0 Å². The second-order valence-corrected chi connectivity index (χ2v) is 9.60. The van der Waals surface area contributed by atoms with Crippen LogP contribution < -0.4 is 0 Å². The zero-order valence-corrected chi connectivity index (χ0v) is 21.8. The third-order valence-corrected chi connectivity index (χ3v) is 6.72. The Balaban J connectivity index is 1.31. The van der Waals surface area contributed by atoms with Gasteiger partial charge in [-0.05, 0) is 53.4 Å². The molecule has 0 spiro atoms. The van der Waals surface area contributed by atoms with Crippen LogP contribution in [-0.4, -0.2) is 21.6 Å². The van der Waals surface area contributed by atoms with Crippen LogP contribution in [0.3, 0.4) is 0 Å². The summed E-state index contributed by atoms with van der Waals surface area (Å²) in [4.78, 5) is 7.08. The van der Waals surface area contributed by atoms with Gasteiger partial charge in [0.2, 0.25) is 0 Å². The van der Waals surface area contributed by atoms with Crippen LogP contribution in [0.2, 0.25) is 0 Å². The average molecular weight is 482 g/mol. The number of nitrogens with zero attached hydrogens (tertiary/aromatic N) is 3. The van der Waals surface area contributed by atoms with Crippen LogP contribution in [-0.2, 0) is 19.5 Å². The van der Waals surface area contributed by atoms with Crippen molar-refractivity contribution in [3.8, 4) is 22.6 Å². The third kappa shape index (κ3) is 7.63. The zero-order valence-electron chi connectivity index (χ0n) is 21.8. The van der Waals surface area contributed by atoms with E-state index < -0.39 is 0 Å². The lowest BCUT2D eigenvalue weighted by Crippen LogP contribution is -2.22. The highest BCUT2D eigenvalue weighted by molar-refractivity contribution is 5.63. The SMILES string of the molecule is CCCCCCCCc1noc(-c2ccc(CN(CC)Cc3cccc(-c4ccccc4)c3)cc2)n1. The average Bonchev–Trinajstić information content (AvgIpc) is 3.40. The van der Waals surface area contributed by atoms with Crippen molar-refractivity contribution >= 4 is 0 Å². The van der Waals surface area contributed by atoms with Crippen LogP contribution in [0.25, 0.3) is 22.6 Å². The Morgan fingerprint density at radius 2 is 1.39 bits per heavy atom. The van der Waals surface area contributed by atoms with Gasteiger partial charge in [0.1, 0.15) is 0 Å². The van der Waals surface area contributed by atoms with Gasteiger partial charge in [0.25, 0.3) is 5.89 Å². The maximum atomic E-state index is 5.54. The largest absolute Gasteiger partial charge is 0.334 e. The van der Waals surface area contributed by atoms with Crippen molar-refractivity contribution in [2.45, 2.75) is 71.9 Å². The smallest absolute Gasteiger partial charge is 0.257 e. The Morgan fingerprint density at radius 1 is 0.667 bits per heavy atom. The molecule has 0 N–H and O–H groups in total. The highest BCUT2D eigenvalue weighted by Gasteiger charge is 2.11. The van der Waals surface area contributed by atoms with E-state index in [0.717, 1.165) is 43.9 Å². The highest BCUT2D eigenvalue weighted by atomic mass is 16.5. The molecular formula is C32H39N3O. The minimum atomic E-state index is 0.618. The Morgan fingerprint density at radius 3 is 2.17 bits per heavy atom. The van der Waals surface area contributed by atoms with Crippen molar-refractivity contribution in [1.29, 1.82) is 0 Å². The molecule has 3 aromatic carbocycles. The first kappa shape index (κ1) is 25.8. The Bertz CT molecular complexity index is 1170. The lowest BCUT2D eigenvalue weighted by atomic mass is 10.0. The first-order valence-electron chi connectivity index (χ1n) is 13.5. The summed E-state index contributed by atoms with van der Waals surface area (Å²) in [7, 11) is 0. The fraction of sp³-hybridized carbons (Fsp3) is 0.375. The summed E-state index contributed by atoms with van der Waals surface area (Å²) in [5, 5.41) is 4.19. The van der Waals surface area contributed by atoms with E-state index in [2.05, 4.69) is 108 Å². The van der Waals surface area contributed by atoms with E-state index in [0.29, 0.717) is 5.89 Å². The maximum absolute atomic E-state index is 5.54. The minimum Gasteiger partial charge on any atom is -0.334 e. The van der Waals surface area contributed by atoms with Gasteiger partial charge in [-0.2, -0.15) is 4.98 Å². The van der Waals surface area contributed by atoms with Crippen LogP contribution in [0, 0.1) is 0 Å². The van der Waals surface area contributed by atoms with Gasteiger partial charge in [-0.25, -0.2) is 0 Å². The van der Waals surface area contributed by atoms with Crippen LogP contribution in [0.1, 0.15) is 69.3 Å². The molecule has 4 heteroatoms. The molecule has 0 unspecified atom stereocenters. The summed E-state index contributed by atoms with van der Waals surface area (Å²) in [5.74, 6) is 1.44. The Labute approximate surface area is 216 Å². The number of rotatable bonds is 14. The zero-order chi connectivity index (χ0) is 25.0. The molecule has 0 saturated carbocycles. The van der Waals surface area contributed by atoms with Gasteiger partial charge < -0.3 is 4.52 Å². The number of benzene rings is 3. The van der Waals surface area contributed by atoms with Gasteiger partial charge in [-0.1, -0.05) is 112 Å². The monoisotopic (exact) mass is 481 g/mol. The molecule has 4 aromatic rings. The predicted molar refractivity (Wildman–Crippen MR) is 148 cm³/mol. The van der Waals surface area contributed by atoms with Crippen LogP contribution in [0.15, 0.2) is 83.4 Å². The third-order valence-electron chi connectivity index (χ3n) is 6.72. The number of hydrogen-bond acceptors (Lipinski definition) is 4. The molecule has 4 nitrogen and oxygen atoms in total. The second-order valence-electron chi connectivity index (χ2n) is 9.60. The van der Waals surface area contributed by atoms with Crippen LogP contribution in [0.5, 0.6) is 0 Å². The van der Waals surface area contributed by atoms with Crippen LogP contribution >= 0.6 is 0 Å². The molecule has 1 aromatic heterocycles. The van der Waals surface area contributed by atoms with Gasteiger partial charge in [0.05, 0.1) is 0 Å². The number of aromatic nitrogens is 2. The molecular weight excluding hydrogens is 442 g/mol. The predicted octanol–water partition coefficient (Wildman–Crippen LogP) is 8.33. The maximum Gasteiger partial charge on any atom is 0.257 e. The molecule has 0 aliphatic carbocycles. The molecule has 0 aliphatic rings. The number of hydrogen-bond donors (Lipinski definition) is 0. The molecule has 0 bridgehead atoms. The topological polar surface area (TPSA) is 42.2 Å². The van der Waals surface area contributed by atoms with E-state index in [-0.39, 0.29) is 0 Å². The summed E-state index contributed by atoms with van der Waals surface area (Å²) in [6.45, 7) is 7.28. The summed E-state index contributed by atoms with van der Waals surface area (Å²) < 4.78 is 5.54. The molecule has 0 saturated heterocycles. The molecule has 1 heterocycles.